The summed E-state index contributed by atoms with van der Waals surface area (Å²) in [6, 6.07) is 6.15. The number of nitrogens with zero attached hydrogens (tertiary/aromatic N) is 1. The van der Waals surface area contributed by atoms with Crippen LogP contribution in [-0.4, -0.2) is 25.2 Å². The first-order valence-corrected chi connectivity index (χ1v) is 5.62. The van der Waals surface area contributed by atoms with E-state index in [1.54, 1.807) is 0 Å². The molecule has 2 rings (SSSR count). The zero-order valence-electron chi connectivity index (χ0n) is 9.73. The second kappa shape index (κ2) is 4.16. The molecular weight excluding hydrogens is 202 g/mol. The van der Waals surface area contributed by atoms with E-state index in [1.165, 1.54) is 5.56 Å². The molecule has 0 aromatic heterocycles. The molecule has 0 aliphatic heterocycles. The number of benzene rings is 1. The summed E-state index contributed by atoms with van der Waals surface area (Å²) >= 11 is 0. The van der Waals surface area contributed by atoms with Crippen molar-refractivity contribution in [3.63, 3.8) is 0 Å². The van der Waals surface area contributed by atoms with Gasteiger partial charge < -0.3 is 10.0 Å². The average Bonchev–Trinajstić information content (AvgIpc) is 2.27. The lowest BCUT2D eigenvalue weighted by Crippen LogP contribution is -2.19. The molecule has 16 heavy (non-hydrogen) atoms. The molecule has 3 heteroatoms. The van der Waals surface area contributed by atoms with Crippen molar-refractivity contribution in [2.45, 2.75) is 25.2 Å². The SMILES string of the molecule is CN(C)c1ccc2c(c1)C(C(=O)O)CCC2. The molecule has 1 aromatic rings. The number of carboxylic acid groups (broad SMARTS) is 1. The van der Waals surface area contributed by atoms with Gasteiger partial charge in [-0.25, -0.2) is 0 Å². The van der Waals surface area contributed by atoms with Crippen LogP contribution in [-0.2, 0) is 11.2 Å². The third kappa shape index (κ3) is 1.90. The molecule has 0 saturated heterocycles. The van der Waals surface area contributed by atoms with Crippen molar-refractivity contribution in [3.8, 4) is 0 Å². The zero-order chi connectivity index (χ0) is 11.7. The normalized spacial score (nSPS) is 19.0. The summed E-state index contributed by atoms with van der Waals surface area (Å²) in [5.74, 6) is -1.01. The van der Waals surface area contributed by atoms with E-state index in [0.29, 0.717) is 0 Å². The number of carboxylic acids is 1. The molecule has 0 radical (unpaired) electrons. The van der Waals surface area contributed by atoms with E-state index < -0.39 is 5.97 Å². The first-order valence-electron chi connectivity index (χ1n) is 5.62. The van der Waals surface area contributed by atoms with Crippen molar-refractivity contribution >= 4 is 11.7 Å². The van der Waals surface area contributed by atoms with Gasteiger partial charge in [0.25, 0.3) is 0 Å². The first kappa shape index (κ1) is 11.0. The molecular formula is C13H17NO2. The predicted octanol–water partition coefficient (Wildman–Crippen LogP) is 2.26. The Kier molecular flexibility index (Phi) is 2.86. The number of fused-ring (bicyclic) bond motifs is 1. The number of hydrogen-bond acceptors (Lipinski definition) is 2. The minimum absolute atomic E-state index is 0.316. The molecule has 3 nitrogen and oxygen atoms in total. The summed E-state index contributed by atoms with van der Waals surface area (Å²) in [6.45, 7) is 0. The molecule has 1 N–H and O–H groups in total. The van der Waals surface area contributed by atoms with Crippen LogP contribution >= 0.6 is 0 Å². The van der Waals surface area contributed by atoms with Gasteiger partial charge in [-0.3, -0.25) is 4.79 Å². The highest BCUT2D eigenvalue weighted by Gasteiger charge is 2.26. The fraction of sp³-hybridized carbons (Fsp3) is 0.462. The molecule has 1 unspecified atom stereocenters. The monoisotopic (exact) mass is 219 g/mol. The fourth-order valence-corrected chi connectivity index (χ4v) is 2.32. The minimum Gasteiger partial charge on any atom is -0.481 e. The van der Waals surface area contributed by atoms with Crippen LogP contribution in [0, 0.1) is 0 Å². The van der Waals surface area contributed by atoms with E-state index in [4.69, 9.17) is 0 Å². The highest BCUT2D eigenvalue weighted by atomic mass is 16.4. The van der Waals surface area contributed by atoms with Gasteiger partial charge in [-0.1, -0.05) is 6.07 Å². The van der Waals surface area contributed by atoms with Gasteiger partial charge in [-0.2, -0.15) is 0 Å². The summed E-state index contributed by atoms with van der Waals surface area (Å²) in [5.41, 5.74) is 3.28. The van der Waals surface area contributed by atoms with Crippen LogP contribution in [0.1, 0.15) is 29.9 Å². The number of aryl methyl sites for hydroxylation is 1. The van der Waals surface area contributed by atoms with E-state index in [2.05, 4.69) is 12.1 Å². The molecule has 1 aliphatic rings. The lowest BCUT2D eigenvalue weighted by atomic mass is 9.82. The number of hydrogen-bond donors (Lipinski definition) is 1. The van der Waals surface area contributed by atoms with Gasteiger partial charge in [0.15, 0.2) is 0 Å². The van der Waals surface area contributed by atoms with Gasteiger partial charge in [0.05, 0.1) is 5.92 Å². The molecule has 1 aromatic carbocycles. The van der Waals surface area contributed by atoms with Crippen molar-refractivity contribution in [1.29, 1.82) is 0 Å². The molecule has 0 bridgehead atoms. The Morgan fingerprint density at radius 3 is 2.81 bits per heavy atom. The van der Waals surface area contributed by atoms with E-state index in [-0.39, 0.29) is 5.92 Å². The van der Waals surface area contributed by atoms with Crippen LogP contribution in [0.15, 0.2) is 18.2 Å². The van der Waals surface area contributed by atoms with Gasteiger partial charge in [-0.05, 0) is 42.5 Å². The molecule has 0 heterocycles. The average molecular weight is 219 g/mol. The van der Waals surface area contributed by atoms with Gasteiger partial charge in [0.2, 0.25) is 0 Å². The van der Waals surface area contributed by atoms with Gasteiger partial charge in [0.1, 0.15) is 0 Å². The van der Waals surface area contributed by atoms with Crippen molar-refractivity contribution < 1.29 is 9.90 Å². The Balaban J connectivity index is 2.44. The minimum atomic E-state index is -0.697. The third-order valence-electron chi connectivity index (χ3n) is 3.26. The Hall–Kier alpha value is -1.51. The Labute approximate surface area is 95.7 Å². The van der Waals surface area contributed by atoms with Crippen LogP contribution in [0.5, 0.6) is 0 Å². The predicted molar refractivity (Wildman–Crippen MR) is 64.1 cm³/mol. The smallest absolute Gasteiger partial charge is 0.310 e. The lowest BCUT2D eigenvalue weighted by Gasteiger charge is -2.24. The molecule has 1 atom stereocenters. The zero-order valence-corrected chi connectivity index (χ0v) is 9.73. The van der Waals surface area contributed by atoms with Gasteiger partial charge in [0, 0.05) is 19.8 Å². The fourth-order valence-electron chi connectivity index (χ4n) is 2.32. The molecule has 86 valence electrons. The number of anilines is 1. The second-order valence-electron chi connectivity index (χ2n) is 4.56. The van der Waals surface area contributed by atoms with Crippen molar-refractivity contribution in [2.75, 3.05) is 19.0 Å². The summed E-state index contributed by atoms with van der Waals surface area (Å²) < 4.78 is 0. The maximum Gasteiger partial charge on any atom is 0.310 e. The summed E-state index contributed by atoms with van der Waals surface area (Å²) in [7, 11) is 3.95. The molecule has 0 spiro atoms. The lowest BCUT2D eigenvalue weighted by molar-refractivity contribution is -0.139. The Morgan fingerprint density at radius 2 is 2.19 bits per heavy atom. The van der Waals surface area contributed by atoms with E-state index in [9.17, 15) is 9.90 Å². The van der Waals surface area contributed by atoms with Gasteiger partial charge >= 0.3 is 5.97 Å². The number of aliphatic carboxylic acids is 1. The highest BCUT2D eigenvalue weighted by molar-refractivity contribution is 5.77. The third-order valence-corrected chi connectivity index (χ3v) is 3.26. The largest absolute Gasteiger partial charge is 0.481 e. The first-order chi connectivity index (χ1) is 7.59. The molecule has 0 saturated carbocycles. The maximum absolute atomic E-state index is 11.2. The van der Waals surface area contributed by atoms with Crippen molar-refractivity contribution in [2.24, 2.45) is 0 Å². The number of rotatable bonds is 2. The molecule has 0 amide bonds. The Bertz CT molecular complexity index is 412. The van der Waals surface area contributed by atoms with Crippen LogP contribution < -0.4 is 4.90 Å². The molecule has 0 fully saturated rings. The highest BCUT2D eigenvalue weighted by Crippen LogP contribution is 2.34. The van der Waals surface area contributed by atoms with Crippen LogP contribution in [0.4, 0.5) is 5.69 Å². The van der Waals surface area contributed by atoms with Crippen LogP contribution in [0.3, 0.4) is 0 Å². The van der Waals surface area contributed by atoms with E-state index >= 15 is 0 Å². The summed E-state index contributed by atoms with van der Waals surface area (Å²) in [5, 5.41) is 9.20. The topological polar surface area (TPSA) is 40.5 Å². The summed E-state index contributed by atoms with van der Waals surface area (Å²) in [4.78, 5) is 13.2. The van der Waals surface area contributed by atoms with E-state index in [1.807, 2.05) is 25.1 Å². The van der Waals surface area contributed by atoms with Gasteiger partial charge in [-0.15, -0.1) is 0 Å². The summed E-state index contributed by atoms with van der Waals surface area (Å²) in [6.07, 6.45) is 2.75. The van der Waals surface area contributed by atoms with Crippen molar-refractivity contribution in [3.05, 3.63) is 29.3 Å². The van der Waals surface area contributed by atoms with E-state index in [0.717, 1.165) is 30.5 Å². The maximum atomic E-state index is 11.2. The number of carbonyl (C=O) groups is 1. The Morgan fingerprint density at radius 1 is 1.44 bits per heavy atom. The molecule has 1 aliphatic carbocycles. The second-order valence-corrected chi connectivity index (χ2v) is 4.56. The van der Waals surface area contributed by atoms with Crippen LogP contribution in [0.25, 0.3) is 0 Å². The standard InChI is InChI=1S/C13H17NO2/c1-14(2)10-7-6-9-4-3-5-11(13(15)16)12(9)8-10/h6-8,11H,3-5H2,1-2H3,(H,15,16). The van der Waals surface area contributed by atoms with Crippen molar-refractivity contribution in [1.82, 2.24) is 0 Å². The quantitative estimate of drug-likeness (QED) is 0.829. The van der Waals surface area contributed by atoms with Crippen LogP contribution in [0.2, 0.25) is 0 Å².